The molecule has 0 radical (unpaired) electrons. The van der Waals surface area contributed by atoms with Crippen molar-refractivity contribution in [3.63, 3.8) is 0 Å². The van der Waals surface area contributed by atoms with Crippen molar-refractivity contribution in [2.75, 3.05) is 12.0 Å². The van der Waals surface area contributed by atoms with Crippen LogP contribution in [-0.2, 0) is 9.59 Å². The largest absolute Gasteiger partial charge is 0.480 e. The molecule has 0 saturated carbocycles. The Morgan fingerprint density at radius 2 is 1.86 bits per heavy atom. The summed E-state index contributed by atoms with van der Waals surface area (Å²) in [7, 11) is 0. The van der Waals surface area contributed by atoms with Crippen LogP contribution < -0.4 is 10.6 Å². The van der Waals surface area contributed by atoms with Gasteiger partial charge in [-0.1, -0.05) is 28.1 Å². The van der Waals surface area contributed by atoms with Gasteiger partial charge < -0.3 is 20.2 Å². The van der Waals surface area contributed by atoms with E-state index < -0.39 is 23.8 Å². The summed E-state index contributed by atoms with van der Waals surface area (Å²) < 4.78 is 6.43. The van der Waals surface area contributed by atoms with E-state index in [0.29, 0.717) is 16.0 Å². The predicted molar refractivity (Wildman–Crippen MR) is 119 cm³/mol. The van der Waals surface area contributed by atoms with Gasteiger partial charge >= 0.3 is 5.97 Å². The molecule has 3 N–H and O–H groups in total. The van der Waals surface area contributed by atoms with E-state index in [1.807, 2.05) is 6.26 Å². The van der Waals surface area contributed by atoms with E-state index in [4.69, 9.17) is 4.42 Å². The average molecular weight is 546 g/mol. The Kier molecular flexibility index (Phi) is 8.99. The number of thioether (sulfide) groups is 1. The summed E-state index contributed by atoms with van der Waals surface area (Å²) in [5, 5.41) is 14.3. The second-order valence-corrected chi connectivity index (χ2v) is 8.50. The Morgan fingerprint density at radius 1 is 1.17 bits per heavy atom. The molecule has 1 atom stereocenters. The number of halogens is 2. The number of benzene rings is 1. The van der Waals surface area contributed by atoms with Crippen molar-refractivity contribution in [2.24, 2.45) is 0 Å². The van der Waals surface area contributed by atoms with Crippen LogP contribution in [0.1, 0.15) is 22.5 Å². The first kappa shape index (κ1) is 23.2. The van der Waals surface area contributed by atoms with Crippen LogP contribution in [0.15, 0.2) is 55.7 Å². The molecule has 0 fully saturated rings. The average Bonchev–Trinajstić information content (AvgIpc) is 3.12. The minimum absolute atomic E-state index is 0.00329. The molecule has 0 spiro atoms. The number of hydrogen-bond acceptors (Lipinski definition) is 5. The highest BCUT2D eigenvalue weighted by Gasteiger charge is 2.23. The molecule has 0 saturated heterocycles. The number of rotatable bonds is 9. The second kappa shape index (κ2) is 11.2. The molecule has 0 aliphatic rings. The smallest absolute Gasteiger partial charge is 0.326 e. The zero-order valence-corrected chi connectivity index (χ0v) is 19.3. The topological polar surface area (TPSA) is 109 Å². The zero-order chi connectivity index (χ0) is 21.4. The molecule has 1 aromatic carbocycles. The maximum absolute atomic E-state index is 12.8. The number of carboxylic acids is 1. The first-order chi connectivity index (χ1) is 13.8. The van der Waals surface area contributed by atoms with Gasteiger partial charge in [0.1, 0.15) is 11.7 Å². The maximum atomic E-state index is 12.8. The van der Waals surface area contributed by atoms with Crippen molar-refractivity contribution in [2.45, 2.75) is 12.5 Å². The predicted octanol–water partition coefficient (Wildman–Crippen LogP) is 3.90. The van der Waals surface area contributed by atoms with Crippen molar-refractivity contribution in [1.29, 1.82) is 0 Å². The highest BCUT2D eigenvalue weighted by Crippen LogP contribution is 2.16. The molecular formula is C19H18Br2N2O5S. The van der Waals surface area contributed by atoms with E-state index in [9.17, 15) is 19.5 Å². The fraction of sp³-hybridized carbons (Fsp3) is 0.211. The number of furan rings is 1. The standard InChI is InChI=1S/C19H18Br2N2O5S/c1-29-9-8-13(19(26)27)22-17(24)14(10-11-2-4-12(20)5-3-11)23-18(25)15-6-7-16(21)28-15/h2-7,10,13H,8-9H2,1H3,(H,22,24)(H,23,25)(H,26,27). The fourth-order valence-corrected chi connectivity index (χ4v) is 3.28. The Balaban J connectivity index is 2.27. The van der Waals surface area contributed by atoms with Crippen LogP contribution in [0.4, 0.5) is 0 Å². The first-order valence-electron chi connectivity index (χ1n) is 8.36. The Morgan fingerprint density at radius 3 is 2.41 bits per heavy atom. The molecule has 10 heteroatoms. The highest BCUT2D eigenvalue weighted by atomic mass is 79.9. The molecule has 2 aromatic rings. The number of carbonyl (C=O) groups is 3. The van der Waals surface area contributed by atoms with Gasteiger partial charge in [0.15, 0.2) is 10.4 Å². The Bertz CT molecular complexity index is 912. The summed E-state index contributed by atoms with van der Waals surface area (Å²) in [6, 6.07) is 8.99. The van der Waals surface area contributed by atoms with E-state index in [0.717, 1.165) is 4.47 Å². The number of carbonyl (C=O) groups excluding carboxylic acids is 2. The summed E-state index contributed by atoms with van der Waals surface area (Å²) in [5.41, 5.74) is 0.551. The number of carboxylic acid groups (broad SMARTS) is 1. The zero-order valence-electron chi connectivity index (χ0n) is 15.3. The van der Waals surface area contributed by atoms with Gasteiger partial charge in [-0.3, -0.25) is 9.59 Å². The third-order valence-corrected chi connectivity index (χ3v) is 5.28. The lowest BCUT2D eigenvalue weighted by molar-refractivity contribution is -0.141. The number of aliphatic carboxylic acids is 1. The van der Waals surface area contributed by atoms with Gasteiger partial charge in [0, 0.05) is 4.47 Å². The molecule has 0 bridgehead atoms. The number of nitrogens with one attached hydrogen (secondary N) is 2. The van der Waals surface area contributed by atoms with Gasteiger partial charge in [-0.05, 0) is 70.3 Å². The van der Waals surface area contributed by atoms with Crippen LogP contribution in [0.5, 0.6) is 0 Å². The van der Waals surface area contributed by atoms with Gasteiger partial charge in [0.2, 0.25) is 0 Å². The van der Waals surface area contributed by atoms with Gasteiger partial charge in [-0.2, -0.15) is 11.8 Å². The monoisotopic (exact) mass is 544 g/mol. The molecule has 29 heavy (non-hydrogen) atoms. The molecule has 2 rings (SSSR count). The maximum Gasteiger partial charge on any atom is 0.326 e. The number of amides is 2. The van der Waals surface area contributed by atoms with Crippen molar-refractivity contribution < 1.29 is 23.9 Å². The summed E-state index contributed by atoms with van der Waals surface area (Å²) in [5.74, 6) is -1.92. The minimum Gasteiger partial charge on any atom is -0.480 e. The first-order valence-corrected chi connectivity index (χ1v) is 11.3. The lowest BCUT2D eigenvalue weighted by Crippen LogP contribution is -2.44. The van der Waals surface area contributed by atoms with E-state index in [1.54, 1.807) is 30.3 Å². The van der Waals surface area contributed by atoms with E-state index in [2.05, 4.69) is 42.5 Å². The Labute approximate surface area is 188 Å². The van der Waals surface area contributed by atoms with Crippen molar-refractivity contribution >= 4 is 67.5 Å². The molecule has 1 heterocycles. The molecular weight excluding hydrogens is 528 g/mol. The van der Waals surface area contributed by atoms with Crippen LogP contribution in [-0.4, -0.2) is 40.9 Å². The molecule has 0 aliphatic carbocycles. The molecule has 154 valence electrons. The summed E-state index contributed by atoms with van der Waals surface area (Å²) in [6.45, 7) is 0. The summed E-state index contributed by atoms with van der Waals surface area (Å²) in [6.07, 6.45) is 3.57. The van der Waals surface area contributed by atoms with Crippen molar-refractivity contribution in [1.82, 2.24) is 10.6 Å². The quantitative estimate of drug-likeness (QED) is 0.412. The third-order valence-electron chi connectivity index (χ3n) is 3.68. The lowest BCUT2D eigenvalue weighted by atomic mass is 10.1. The van der Waals surface area contributed by atoms with Crippen LogP contribution in [0.3, 0.4) is 0 Å². The molecule has 1 aromatic heterocycles. The second-order valence-electron chi connectivity index (χ2n) is 5.81. The van der Waals surface area contributed by atoms with Gasteiger partial charge in [0.05, 0.1) is 0 Å². The number of hydrogen-bond donors (Lipinski definition) is 3. The molecule has 1 unspecified atom stereocenters. The van der Waals surface area contributed by atoms with Crippen molar-refractivity contribution in [3.05, 3.63) is 62.6 Å². The molecule has 7 nitrogen and oxygen atoms in total. The van der Waals surface area contributed by atoms with Crippen molar-refractivity contribution in [3.8, 4) is 0 Å². The highest BCUT2D eigenvalue weighted by molar-refractivity contribution is 9.10. The fourth-order valence-electron chi connectivity index (χ4n) is 2.23. The van der Waals surface area contributed by atoms with Crippen LogP contribution >= 0.6 is 43.6 Å². The van der Waals surface area contributed by atoms with Crippen LogP contribution in [0.25, 0.3) is 6.08 Å². The van der Waals surface area contributed by atoms with E-state index in [1.165, 1.54) is 23.9 Å². The van der Waals surface area contributed by atoms with Gasteiger partial charge in [-0.15, -0.1) is 0 Å². The summed E-state index contributed by atoms with van der Waals surface area (Å²) in [4.78, 5) is 36.6. The minimum atomic E-state index is -1.14. The van der Waals surface area contributed by atoms with E-state index in [-0.39, 0.29) is 17.9 Å². The summed E-state index contributed by atoms with van der Waals surface area (Å²) >= 11 is 7.93. The lowest BCUT2D eigenvalue weighted by Gasteiger charge is -2.16. The molecule has 2 amide bonds. The third kappa shape index (κ3) is 7.37. The Hall–Kier alpha value is -2.04. The van der Waals surface area contributed by atoms with Crippen LogP contribution in [0.2, 0.25) is 0 Å². The van der Waals surface area contributed by atoms with Gasteiger partial charge in [-0.25, -0.2) is 4.79 Å². The normalized spacial score (nSPS) is 12.3. The SMILES string of the molecule is CSCCC(NC(=O)C(=Cc1ccc(Br)cc1)NC(=O)c1ccc(Br)o1)C(=O)O. The van der Waals surface area contributed by atoms with Gasteiger partial charge in [0.25, 0.3) is 11.8 Å². The van der Waals surface area contributed by atoms with Crippen LogP contribution in [0, 0.1) is 0 Å². The van der Waals surface area contributed by atoms with E-state index >= 15 is 0 Å². The molecule has 0 aliphatic heterocycles.